The number of hydrogen-bond donors (Lipinski definition) is 3. The topological polar surface area (TPSA) is 91.2 Å². The molecule has 2 aromatic heterocycles. The summed E-state index contributed by atoms with van der Waals surface area (Å²) < 4.78 is 5.25. The van der Waals surface area contributed by atoms with Crippen LogP contribution in [0.25, 0.3) is 11.0 Å². The van der Waals surface area contributed by atoms with Gasteiger partial charge in [0.1, 0.15) is 5.76 Å². The Balaban J connectivity index is 1.61. The average Bonchev–Trinajstić information content (AvgIpc) is 3.19. The number of aliphatic hydroxyl groups excluding tert-OH is 1. The third-order valence-corrected chi connectivity index (χ3v) is 3.48. The van der Waals surface area contributed by atoms with Crippen molar-refractivity contribution in [2.75, 3.05) is 13.2 Å². The zero-order valence-corrected chi connectivity index (χ0v) is 12.0. The molecule has 6 nitrogen and oxygen atoms in total. The fraction of sp³-hybridized carbons (Fsp3) is 0.250. The lowest BCUT2D eigenvalue weighted by atomic mass is 10.1. The van der Waals surface area contributed by atoms with Gasteiger partial charge in [0.2, 0.25) is 0 Å². The molecular formula is C16H17N3O3. The molecule has 3 aromatic rings. The van der Waals surface area contributed by atoms with Gasteiger partial charge in [-0.15, -0.1) is 0 Å². The number of nitrogens with zero attached hydrogens (tertiary/aromatic N) is 1. The number of aromatic nitrogens is 2. The summed E-state index contributed by atoms with van der Waals surface area (Å²) in [4.78, 5) is 19.3. The number of amides is 1. The van der Waals surface area contributed by atoms with Gasteiger partial charge in [-0.3, -0.25) is 4.79 Å². The molecule has 0 aliphatic heterocycles. The molecule has 3 N–H and O–H groups in total. The smallest absolute Gasteiger partial charge is 0.287 e. The molecule has 6 heteroatoms. The predicted molar refractivity (Wildman–Crippen MR) is 81.4 cm³/mol. The van der Waals surface area contributed by atoms with E-state index >= 15 is 0 Å². The van der Waals surface area contributed by atoms with Crippen molar-refractivity contribution in [1.29, 1.82) is 0 Å². The van der Waals surface area contributed by atoms with Crippen molar-refractivity contribution in [2.24, 2.45) is 5.92 Å². The second-order valence-electron chi connectivity index (χ2n) is 5.14. The highest BCUT2D eigenvalue weighted by Gasteiger charge is 2.15. The summed E-state index contributed by atoms with van der Waals surface area (Å²) >= 11 is 0. The van der Waals surface area contributed by atoms with E-state index in [0.29, 0.717) is 13.0 Å². The summed E-state index contributed by atoms with van der Waals surface area (Å²) in [5.74, 6) is 0.682. The predicted octanol–water partition coefficient (Wildman–Crippen LogP) is 1.74. The Morgan fingerprint density at radius 1 is 1.32 bits per heavy atom. The molecule has 1 atom stereocenters. The molecule has 0 spiro atoms. The van der Waals surface area contributed by atoms with Gasteiger partial charge >= 0.3 is 0 Å². The number of aromatic amines is 1. The maximum absolute atomic E-state index is 12.1. The Bertz CT molecular complexity index is 716. The van der Waals surface area contributed by atoms with Crippen LogP contribution in [0.2, 0.25) is 0 Å². The lowest BCUT2D eigenvalue weighted by Crippen LogP contribution is -2.32. The number of aliphatic hydroxyl groups is 1. The van der Waals surface area contributed by atoms with Crippen LogP contribution in [0.3, 0.4) is 0 Å². The number of carbonyl (C=O) groups is 1. The van der Waals surface area contributed by atoms with E-state index in [0.717, 1.165) is 16.8 Å². The second-order valence-corrected chi connectivity index (χ2v) is 5.14. The van der Waals surface area contributed by atoms with Crippen LogP contribution in [0.15, 0.2) is 47.1 Å². The molecule has 2 heterocycles. The highest BCUT2D eigenvalue weighted by molar-refractivity contribution is 5.94. The van der Waals surface area contributed by atoms with E-state index in [1.54, 1.807) is 12.3 Å². The zero-order valence-electron chi connectivity index (χ0n) is 12.0. The highest BCUT2D eigenvalue weighted by Crippen LogP contribution is 2.11. The van der Waals surface area contributed by atoms with E-state index < -0.39 is 0 Å². The Morgan fingerprint density at radius 2 is 2.18 bits per heavy atom. The third kappa shape index (κ3) is 3.17. The average molecular weight is 299 g/mol. The lowest BCUT2D eigenvalue weighted by molar-refractivity contribution is 0.0930. The number of para-hydroxylation sites is 2. The van der Waals surface area contributed by atoms with Crippen LogP contribution in [-0.4, -0.2) is 34.1 Å². The Morgan fingerprint density at radius 3 is 2.91 bits per heavy atom. The van der Waals surface area contributed by atoms with Gasteiger partial charge < -0.3 is 19.8 Å². The van der Waals surface area contributed by atoms with Gasteiger partial charge in [0.05, 0.1) is 17.3 Å². The van der Waals surface area contributed by atoms with E-state index in [1.807, 2.05) is 30.3 Å². The highest BCUT2D eigenvalue weighted by atomic mass is 16.3. The summed E-state index contributed by atoms with van der Waals surface area (Å²) in [6, 6.07) is 11.1. The second kappa shape index (κ2) is 6.44. The monoisotopic (exact) mass is 299 g/mol. The van der Waals surface area contributed by atoms with E-state index in [2.05, 4.69) is 15.3 Å². The Labute approximate surface area is 127 Å². The number of rotatable bonds is 6. The molecule has 0 fully saturated rings. The number of benzene rings is 1. The van der Waals surface area contributed by atoms with Crippen LogP contribution in [0.5, 0.6) is 0 Å². The standard InChI is InChI=1S/C16H17N3O3/c20-10-11(8-12-4-3-7-22-12)9-17-16(21)15-18-13-5-1-2-6-14(13)19-15/h1-7,11,20H,8-10H2,(H,17,21)(H,18,19). The van der Waals surface area contributed by atoms with Crippen molar-refractivity contribution in [3.05, 3.63) is 54.2 Å². The molecule has 3 rings (SSSR count). The first kappa shape index (κ1) is 14.3. The SMILES string of the molecule is O=C(NCC(CO)Cc1ccco1)c1nc2ccccc2[nH]1. The van der Waals surface area contributed by atoms with Crippen molar-refractivity contribution >= 4 is 16.9 Å². The van der Waals surface area contributed by atoms with Gasteiger partial charge in [-0.25, -0.2) is 4.98 Å². The quantitative estimate of drug-likeness (QED) is 0.646. The van der Waals surface area contributed by atoms with E-state index in [-0.39, 0.29) is 24.3 Å². The van der Waals surface area contributed by atoms with Crippen LogP contribution >= 0.6 is 0 Å². The normalized spacial score (nSPS) is 12.4. The van der Waals surface area contributed by atoms with Crippen molar-refractivity contribution in [1.82, 2.24) is 15.3 Å². The summed E-state index contributed by atoms with van der Waals surface area (Å²) in [6.07, 6.45) is 2.17. The minimum Gasteiger partial charge on any atom is -0.469 e. The summed E-state index contributed by atoms with van der Waals surface area (Å²) in [5.41, 5.74) is 1.57. The van der Waals surface area contributed by atoms with Crippen LogP contribution in [0.1, 0.15) is 16.4 Å². The molecule has 1 unspecified atom stereocenters. The molecule has 0 saturated carbocycles. The van der Waals surface area contributed by atoms with Crippen LogP contribution < -0.4 is 5.32 Å². The maximum atomic E-state index is 12.1. The van der Waals surface area contributed by atoms with E-state index in [1.165, 1.54) is 0 Å². The van der Waals surface area contributed by atoms with Gasteiger partial charge in [0, 0.05) is 25.5 Å². The first-order valence-electron chi connectivity index (χ1n) is 7.12. The van der Waals surface area contributed by atoms with E-state index in [4.69, 9.17) is 4.42 Å². The number of H-pyrrole nitrogens is 1. The summed E-state index contributed by atoms with van der Waals surface area (Å²) in [7, 11) is 0. The molecule has 1 amide bonds. The number of furan rings is 1. The number of nitrogens with one attached hydrogen (secondary N) is 2. The van der Waals surface area contributed by atoms with Gasteiger partial charge in [0.15, 0.2) is 5.82 Å². The first-order valence-corrected chi connectivity index (χ1v) is 7.12. The minimum absolute atomic E-state index is 0.0267. The van der Waals surface area contributed by atoms with Crippen molar-refractivity contribution in [2.45, 2.75) is 6.42 Å². The molecule has 114 valence electrons. The fourth-order valence-corrected chi connectivity index (χ4v) is 2.30. The Hall–Kier alpha value is -2.60. The lowest BCUT2D eigenvalue weighted by Gasteiger charge is -2.13. The molecule has 1 aromatic carbocycles. The van der Waals surface area contributed by atoms with Crippen molar-refractivity contribution in [3.8, 4) is 0 Å². The molecule has 0 saturated heterocycles. The molecule has 0 bridgehead atoms. The van der Waals surface area contributed by atoms with Gasteiger partial charge in [-0.05, 0) is 24.3 Å². The third-order valence-electron chi connectivity index (χ3n) is 3.48. The molecule has 0 radical (unpaired) electrons. The van der Waals surface area contributed by atoms with Crippen molar-refractivity contribution < 1.29 is 14.3 Å². The number of imidazole rings is 1. The zero-order chi connectivity index (χ0) is 15.4. The number of carbonyl (C=O) groups excluding carboxylic acids is 1. The molecule has 22 heavy (non-hydrogen) atoms. The van der Waals surface area contributed by atoms with Gasteiger partial charge in [-0.2, -0.15) is 0 Å². The Kier molecular flexibility index (Phi) is 4.20. The largest absolute Gasteiger partial charge is 0.469 e. The summed E-state index contributed by atoms with van der Waals surface area (Å²) in [5, 5.41) is 12.2. The molecule has 0 aliphatic rings. The van der Waals surface area contributed by atoms with E-state index in [9.17, 15) is 9.90 Å². The summed E-state index contributed by atoms with van der Waals surface area (Å²) in [6.45, 7) is 0.328. The van der Waals surface area contributed by atoms with Crippen LogP contribution in [0, 0.1) is 5.92 Å². The number of fused-ring (bicyclic) bond motifs is 1. The minimum atomic E-state index is -0.283. The number of hydrogen-bond acceptors (Lipinski definition) is 4. The van der Waals surface area contributed by atoms with Gasteiger partial charge in [0.25, 0.3) is 5.91 Å². The first-order chi connectivity index (χ1) is 10.8. The van der Waals surface area contributed by atoms with Crippen LogP contribution in [-0.2, 0) is 6.42 Å². The van der Waals surface area contributed by atoms with Crippen LogP contribution in [0.4, 0.5) is 0 Å². The van der Waals surface area contributed by atoms with Gasteiger partial charge in [-0.1, -0.05) is 12.1 Å². The maximum Gasteiger partial charge on any atom is 0.287 e. The molecule has 0 aliphatic carbocycles. The molecular weight excluding hydrogens is 282 g/mol. The fourth-order valence-electron chi connectivity index (χ4n) is 2.30. The van der Waals surface area contributed by atoms with Crippen molar-refractivity contribution in [3.63, 3.8) is 0 Å².